The van der Waals surface area contributed by atoms with Crippen LogP contribution in [-0.2, 0) is 9.78 Å². The molecule has 0 amide bonds. The van der Waals surface area contributed by atoms with Crippen LogP contribution in [0.5, 0.6) is 0 Å². The van der Waals surface area contributed by atoms with E-state index >= 15 is 0 Å². The van der Waals surface area contributed by atoms with Crippen molar-refractivity contribution in [1.82, 2.24) is 0 Å². The van der Waals surface area contributed by atoms with Crippen molar-refractivity contribution in [2.24, 2.45) is 0 Å². The maximum Gasteiger partial charge on any atom is 0.104 e. The first-order valence-electron chi connectivity index (χ1n) is 17.8. The highest BCUT2D eigenvalue weighted by Gasteiger charge is 2.25. The van der Waals surface area contributed by atoms with Crippen molar-refractivity contribution in [2.75, 3.05) is 6.61 Å². The van der Waals surface area contributed by atoms with Crippen LogP contribution >= 0.6 is 0 Å². The fraction of sp³-hybridized carbons (Fsp3) is 0.972. The largest absolute Gasteiger partial charge is 0.236 e. The van der Waals surface area contributed by atoms with Gasteiger partial charge in [-0.1, -0.05) is 194 Å². The van der Waals surface area contributed by atoms with Crippen LogP contribution in [0.25, 0.3) is 0 Å². The molecular formula is C36H73O2. The van der Waals surface area contributed by atoms with E-state index in [0.29, 0.717) is 6.61 Å². The summed E-state index contributed by atoms with van der Waals surface area (Å²) in [4.78, 5) is 11.2. The van der Waals surface area contributed by atoms with Crippen molar-refractivity contribution in [3.05, 3.63) is 6.92 Å². The number of rotatable bonds is 33. The van der Waals surface area contributed by atoms with E-state index in [2.05, 4.69) is 20.8 Å². The molecule has 0 aromatic carbocycles. The van der Waals surface area contributed by atoms with Gasteiger partial charge in [-0.3, -0.25) is 0 Å². The lowest BCUT2D eigenvalue weighted by molar-refractivity contribution is -0.350. The van der Waals surface area contributed by atoms with E-state index in [0.717, 1.165) is 12.8 Å². The summed E-state index contributed by atoms with van der Waals surface area (Å²) in [5.74, 6) is 0. The summed E-state index contributed by atoms with van der Waals surface area (Å²) in [7, 11) is 0. The standard InChI is InChI=1S/C36H73O2/c1-5-8-10-12-14-16-18-20-22-24-26-28-30-32-34-36(4,38-37-7-3)35-33-31-29-27-25-23-21-19-17-15-13-11-9-6-2/h4-35H2,1-3H3. The van der Waals surface area contributed by atoms with Crippen molar-refractivity contribution in [3.8, 4) is 0 Å². The lowest BCUT2D eigenvalue weighted by Gasteiger charge is -2.28. The van der Waals surface area contributed by atoms with Gasteiger partial charge < -0.3 is 0 Å². The third-order valence-electron chi connectivity index (χ3n) is 8.33. The molecule has 0 fully saturated rings. The van der Waals surface area contributed by atoms with Crippen LogP contribution in [0.4, 0.5) is 0 Å². The summed E-state index contributed by atoms with van der Waals surface area (Å²) < 4.78 is 0. The Hall–Kier alpha value is -0.0800. The molecule has 38 heavy (non-hydrogen) atoms. The first-order valence-corrected chi connectivity index (χ1v) is 17.8. The van der Waals surface area contributed by atoms with Gasteiger partial charge in [-0.25, -0.2) is 9.78 Å². The van der Waals surface area contributed by atoms with E-state index in [1.54, 1.807) is 0 Å². The Labute approximate surface area is 242 Å². The first kappa shape index (κ1) is 37.9. The van der Waals surface area contributed by atoms with Crippen LogP contribution in [0.3, 0.4) is 0 Å². The molecule has 0 aromatic heterocycles. The molecule has 0 aromatic rings. The number of unbranched alkanes of at least 4 members (excludes halogenated alkanes) is 26. The average Bonchev–Trinajstić information content (AvgIpc) is 2.92. The van der Waals surface area contributed by atoms with E-state index in [-0.39, 0.29) is 5.60 Å². The Kier molecular flexibility index (Phi) is 31.4. The second-order valence-electron chi connectivity index (χ2n) is 12.4. The van der Waals surface area contributed by atoms with Crippen LogP contribution in [0.1, 0.15) is 213 Å². The SMILES string of the molecule is [CH2]C(CCCCCCCCCCCCCCCC)(CCCCCCCCCCCCCCCC)OOCC. The Balaban J connectivity index is 3.62. The van der Waals surface area contributed by atoms with E-state index in [1.165, 1.54) is 180 Å². The minimum absolute atomic E-state index is 0.343. The normalized spacial score (nSPS) is 12.0. The zero-order chi connectivity index (χ0) is 27.8. The van der Waals surface area contributed by atoms with Crippen molar-refractivity contribution in [1.29, 1.82) is 0 Å². The topological polar surface area (TPSA) is 18.5 Å². The molecular weight excluding hydrogens is 464 g/mol. The van der Waals surface area contributed by atoms with Gasteiger partial charge in [-0.15, -0.1) is 0 Å². The van der Waals surface area contributed by atoms with Crippen molar-refractivity contribution in [3.63, 3.8) is 0 Å². The minimum Gasteiger partial charge on any atom is -0.236 e. The van der Waals surface area contributed by atoms with Gasteiger partial charge in [0.15, 0.2) is 0 Å². The summed E-state index contributed by atoms with van der Waals surface area (Å²) in [5, 5.41) is 0. The number of hydrogen-bond donors (Lipinski definition) is 0. The van der Waals surface area contributed by atoms with Crippen molar-refractivity contribution >= 4 is 0 Å². The smallest absolute Gasteiger partial charge is 0.104 e. The second-order valence-corrected chi connectivity index (χ2v) is 12.4. The average molecular weight is 538 g/mol. The molecule has 0 spiro atoms. The van der Waals surface area contributed by atoms with Crippen LogP contribution in [0.15, 0.2) is 0 Å². The molecule has 0 bridgehead atoms. The maximum atomic E-state index is 5.79. The lowest BCUT2D eigenvalue weighted by Crippen LogP contribution is -2.29. The predicted molar refractivity (Wildman–Crippen MR) is 171 cm³/mol. The molecule has 0 aliphatic heterocycles. The Morgan fingerprint density at radius 2 is 0.605 bits per heavy atom. The van der Waals surface area contributed by atoms with Gasteiger partial charge in [0.05, 0.1) is 6.61 Å². The zero-order valence-corrected chi connectivity index (χ0v) is 26.9. The third-order valence-corrected chi connectivity index (χ3v) is 8.33. The molecule has 0 saturated heterocycles. The summed E-state index contributed by atoms with van der Waals surface area (Å²) in [5.41, 5.74) is -0.343. The van der Waals surface area contributed by atoms with Crippen LogP contribution in [0, 0.1) is 6.92 Å². The molecule has 229 valence electrons. The van der Waals surface area contributed by atoms with Crippen LogP contribution < -0.4 is 0 Å². The molecule has 0 heterocycles. The lowest BCUT2D eigenvalue weighted by atomic mass is 9.91. The van der Waals surface area contributed by atoms with Gasteiger partial charge in [0.25, 0.3) is 0 Å². The van der Waals surface area contributed by atoms with Gasteiger partial charge in [0, 0.05) is 0 Å². The molecule has 0 aliphatic carbocycles. The first-order chi connectivity index (χ1) is 18.7. The summed E-state index contributed by atoms with van der Waals surface area (Å²) in [6.07, 6.45) is 41.3. The zero-order valence-electron chi connectivity index (χ0n) is 26.9. The van der Waals surface area contributed by atoms with Gasteiger partial charge >= 0.3 is 0 Å². The Morgan fingerprint density at radius 3 is 0.842 bits per heavy atom. The third kappa shape index (κ3) is 28.9. The van der Waals surface area contributed by atoms with Crippen LogP contribution in [0.2, 0.25) is 0 Å². The van der Waals surface area contributed by atoms with E-state index in [1.807, 2.05) is 6.92 Å². The molecule has 0 aliphatic rings. The van der Waals surface area contributed by atoms with Gasteiger partial charge in [-0.05, 0) is 26.7 Å². The molecule has 2 nitrogen and oxygen atoms in total. The Bertz CT molecular complexity index is 390. The fourth-order valence-electron chi connectivity index (χ4n) is 5.68. The molecule has 2 heteroatoms. The fourth-order valence-corrected chi connectivity index (χ4v) is 5.68. The van der Waals surface area contributed by atoms with Gasteiger partial charge in [0.1, 0.15) is 5.60 Å². The van der Waals surface area contributed by atoms with Crippen molar-refractivity contribution < 1.29 is 9.78 Å². The molecule has 0 rings (SSSR count). The highest BCUT2D eigenvalue weighted by Crippen LogP contribution is 2.27. The summed E-state index contributed by atoms with van der Waals surface area (Å²) in [6.45, 7) is 11.7. The molecule has 0 unspecified atom stereocenters. The predicted octanol–water partition coefficient (Wildman–Crippen LogP) is 13.3. The van der Waals surface area contributed by atoms with Crippen LogP contribution in [-0.4, -0.2) is 12.2 Å². The minimum atomic E-state index is -0.343. The molecule has 0 N–H and O–H groups in total. The Morgan fingerprint density at radius 1 is 0.368 bits per heavy atom. The second kappa shape index (κ2) is 31.4. The van der Waals surface area contributed by atoms with E-state index < -0.39 is 0 Å². The summed E-state index contributed by atoms with van der Waals surface area (Å²) >= 11 is 0. The monoisotopic (exact) mass is 538 g/mol. The summed E-state index contributed by atoms with van der Waals surface area (Å²) in [6, 6.07) is 0. The number of hydrogen-bond acceptors (Lipinski definition) is 2. The molecule has 1 radical (unpaired) electrons. The molecule has 0 atom stereocenters. The highest BCUT2D eigenvalue weighted by molar-refractivity contribution is 4.82. The van der Waals surface area contributed by atoms with Crippen molar-refractivity contribution in [2.45, 2.75) is 219 Å². The molecule has 0 saturated carbocycles. The quantitative estimate of drug-likeness (QED) is 0.0470. The van der Waals surface area contributed by atoms with Gasteiger partial charge in [-0.2, -0.15) is 0 Å². The van der Waals surface area contributed by atoms with E-state index in [4.69, 9.17) is 9.78 Å². The van der Waals surface area contributed by atoms with Gasteiger partial charge in [0.2, 0.25) is 0 Å². The highest BCUT2D eigenvalue weighted by atomic mass is 17.2. The maximum absolute atomic E-state index is 5.79. The van der Waals surface area contributed by atoms with E-state index in [9.17, 15) is 0 Å².